The molecular weight excluding hydrogens is 194 g/mol. The second-order valence-electron chi connectivity index (χ2n) is 5.76. The van der Waals surface area contributed by atoms with Crippen LogP contribution in [0.15, 0.2) is 0 Å². The highest BCUT2D eigenvalue weighted by Gasteiger charge is 2.29. The average Bonchev–Trinajstić information content (AvgIpc) is 2.82. The number of aryl methyl sites for hydroxylation is 1. The summed E-state index contributed by atoms with van der Waals surface area (Å²) in [5.41, 5.74) is 7.76. The topological polar surface area (TPSA) is 12.9 Å². The second kappa shape index (κ2) is 3.58. The number of hydrogen-bond acceptors (Lipinski definition) is 1. The molecule has 0 bridgehead atoms. The lowest BCUT2D eigenvalue weighted by Gasteiger charge is -2.17. The standard InChI is InChI=1S/C15H21N/c1-9(2)14-11-5-4-6-13(11)16-15-10(3)7-8-12(14)15/h9-10H,4-8H2,1-3H3/t10-/m0/s1. The van der Waals surface area contributed by atoms with Crippen molar-refractivity contribution in [3.05, 3.63) is 28.1 Å². The Kier molecular flexibility index (Phi) is 2.31. The van der Waals surface area contributed by atoms with E-state index >= 15 is 0 Å². The summed E-state index contributed by atoms with van der Waals surface area (Å²) < 4.78 is 0. The first-order valence-electron chi connectivity index (χ1n) is 6.73. The minimum Gasteiger partial charge on any atom is -0.257 e. The molecular formula is C15H21N. The van der Waals surface area contributed by atoms with E-state index in [0.717, 1.165) is 0 Å². The van der Waals surface area contributed by atoms with Crippen molar-refractivity contribution in [2.75, 3.05) is 0 Å². The third kappa shape index (κ3) is 1.33. The molecule has 16 heavy (non-hydrogen) atoms. The first kappa shape index (κ1) is 10.3. The third-order valence-electron chi connectivity index (χ3n) is 4.28. The van der Waals surface area contributed by atoms with Crippen molar-refractivity contribution in [3.63, 3.8) is 0 Å². The molecule has 0 saturated carbocycles. The Hall–Kier alpha value is -0.850. The normalized spacial score (nSPS) is 22.6. The fourth-order valence-electron chi connectivity index (χ4n) is 3.54. The quantitative estimate of drug-likeness (QED) is 0.695. The number of rotatable bonds is 1. The first-order chi connectivity index (χ1) is 7.68. The Morgan fingerprint density at radius 3 is 2.69 bits per heavy atom. The Morgan fingerprint density at radius 1 is 1.12 bits per heavy atom. The molecule has 0 aliphatic heterocycles. The van der Waals surface area contributed by atoms with Crippen LogP contribution in [0.25, 0.3) is 0 Å². The minimum absolute atomic E-state index is 0.675. The lowest BCUT2D eigenvalue weighted by molar-refractivity contribution is 0.726. The van der Waals surface area contributed by atoms with Crippen molar-refractivity contribution in [1.82, 2.24) is 4.98 Å². The van der Waals surface area contributed by atoms with Crippen LogP contribution in [-0.2, 0) is 19.3 Å². The molecule has 1 aromatic rings. The van der Waals surface area contributed by atoms with Gasteiger partial charge in [0.1, 0.15) is 0 Å². The van der Waals surface area contributed by atoms with Gasteiger partial charge in [0, 0.05) is 11.4 Å². The van der Waals surface area contributed by atoms with Crippen LogP contribution in [0.1, 0.15) is 73.5 Å². The largest absolute Gasteiger partial charge is 0.257 e. The van der Waals surface area contributed by atoms with Crippen LogP contribution < -0.4 is 0 Å². The van der Waals surface area contributed by atoms with Gasteiger partial charge in [-0.25, -0.2) is 0 Å². The fraction of sp³-hybridized carbons (Fsp3) is 0.667. The molecule has 3 rings (SSSR count). The van der Waals surface area contributed by atoms with Crippen LogP contribution in [0.4, 0.5) is 0 Å². The molecule has 86 valence electrons. The van der Waals surface area contributed by atoms with Gasteiger partial charge in [-0.15, -0.1) is 0 Å². The molecule has 1 heterocycles. The van der Waals surface area contributed by atoms with E-state index in [2.05, 4.69) is 20.8 Å². The fourth-order valence-corrected chi connectivity index (χ4v) is 3.54. The maximum absolute atomic E-state index is 4.96. The highest BCUT2D eigenvalue weighted by Crippen LogP contribution is 2.40. The maximum atomic E-state index is 4.96. The predicted molar refractivity (Wildman–Crippen MR) is 67.1 cm³/mol. The minimum atomic E-state index is 0.675. The van der Waals surface area contributed by atoms with Crippen molar-refractivity contribution in [2.45, 2.75) is 64.7 Å². The Morgan fingerprint density at radius 2 is 1.94 bits per heavy atom. The van der Waals surface area contributed by atoms with E-state index < -0.39 is 0 Å². The Balaban J connectivity index is 2.25. The molecule has 0 unspecified atom stereocenters. The highest BCUT2D eigenvalue weighted by atomic mass is 14.8. The molecule has 0 N–H and O–H groups in total. The summed E-state index contributed by atoms with van der Waals surface area (Å²) in [4.78, 5) is 4.96. The number of pyridine rings is 1. The summed E-state index contributed by atoms with van der Waals surface area (Å²) in [6.45, 7) is 7.03. The lowest BCUT2D eigenvalue weighted by atomic mass is 9.91. The zero-order chi connectivity index (χ0) is 11.3. The van der Waals surface area contributed by atoms with Gasteiger partial charge >= 0.3 is 0 Å². The van der Waals surface area contributed by atoms with Gasteiger partial charge in [0.15, 0.2) is 0 Å². The van der Waals surface area contributed by atoms with E-state index in [1.165, 1.54) is 43.5 Å². The molecule has 1 atom stereocenters. The third-order valence-corrected chi connectivity index (χ3v) is 4.28. The molecule has 0 fully saturated rings. The van der Waals surface area contributed by atoms with E-state index in [1.807, 2.05) is 0 Å². The van der Waals surface area contributed by atoms with Gasteiger partial charge in [-0.1, -0.05) is 20.8 Å². The summed E-state index contributed by atoms with van der Waals surface area (Å²) in [7, 11) is 0. The van der Waals surface area contributed by atoms with Crippen molar-refractivity contribution < 1.29 is 0 Å². The van der Waals surface area contributed by atoms with Crippen LogP contribution in [0.2, 0.25) is 0 Å². The number of aromatic nitrogens is 1. The van der Waals surface area contributed by atoms with Crippen LogP contribution in [-0.4, -0.2) is 4.98 Å². The molecule has 0 spiro atoms. The van der Waals surface area contributed by atoms with E-state index in [9.17, 15) is 0 Å². The summed E-state index contributed by atoms with van der Waals surface area (Å²) >= 11 is 0. The molecule has 2 aliphatic carbocycles. The van der Waals surface area contributed by atoms with Crippen molar-refractivity contribution >= 4 is 0 Å². The Bertz CT molecular complexity index is 432. The van der Waals surface area contributed by atoms with E-state index in [-0.39, 0.29) is 0 Å². The molecule has 1 heteroatoms. The second-order valence-corrected chi connectivity index (χ2v) is 5.76. The van der Waals surface area contributed by atoms with Gasteiger partial charge in [0.05, 0.1) is 0 Å². The summed E-state index contributed by atoms with van der Waals surface area (Å²) in [5, 5.41) is 0. The Labute approximate surface area is 98.3 Å². The van der Waals surface area contributed by atoms with E-state index in [1.54, 1.807) is 16.7 Å². The van der Waals surface area contributed by atoms with Crippen molar-refractivity contribution in [2.24, 2.45) is 0 Å². The monoisotopic (exact) mass is 215 g/mol. The molecule has 1 aromatic heterocycles. The van der Waals surface area contributed by atoms with Crippen LogP contribution in [0.5, 0.6) is 0 Å². The van der Waals surface area contributed by atoms with Gasteiger partial charge < -0.3 is 0 Å². The lowest BCUT2D eigenvalue weighted by Crippen LogP contribution is -2.06. The van der Waals surface area contributed by atoms with Crippen LogP contribution in [0.3, 0.4) is 0 Å². The zero-order valence-electron chi connectivity index (χ0n) is 10.6. The van der Waals surface area contributed by atoms with Gasteiger partial charge in [0.2, 0.25) is 0 Å². The summed E-state index contributed by atoms with van der Waals surface area (Å²) in [5.74, 6) is 1.37. The van der Waals surface area contributed by atoms with Gasteiger partial charge in [-0.3, -0.25) is 4.98 Å². The van der Waals surface area contributed by atoms with Crippen molar-refractivity contribution in [1.29, 1.82) is 0 Å². The molecule has 1 nitrogen and oxygen atoms in total. The summed E-state index contributed by atoms with van der Waals surface area (Å²) in [6.07, 6.45) is 6.39. The molecule has 0 radical (unpaired) electrons. The van der Waals surface area contributed by atoms with Crippen LogP contribution >= 0.6 is 0 Å². The highest BCUT2D eigenvalue weighted by molar-refractivity contribution is 5.47. The smallest absolute Gasteiger partial charge is 0.0470 e. The predicted octanol–water partition coefficient (Wildman–Crippen LogP) is 3.74. The van der Waals surface area contributed by atoms with Gasteiger partial charge in [0.25, 0.3) is 0 Å². The summed E-state index contributed by atoms with van der Waals surface area (Å²) in [6, 6.07) is 0. The van der Waals surface area contributed by atoms with Crippen LogP contribution in [0, 0.1) is 0 Å². The number of fused-ring (bicyclic) bond motifs is 2. The number of nitrogens with zero attached hydrogens (tertiary/aromatic N) is 1. The molecule has 0 aromatic carbocycles. The van der Waals surface area contributed by atoms with Gasteiger partial charge in [-0.2, -0.15) is 0 Å². The zero-order valence-corrected chi connectivity index (χ0v) is 10.6. The average molecular weight is 215 g/mol. The van der Waals surface area contributed by atoms with Crippen molar-refractivity contribution in [3.8, 4) is 0 Å². The molecule has 0 amide bonds. The van der Waals surface area contributed by atoms with E-state index in [4.69, 9.17) is 4.98 Å². The van der Waals surface area contributed by atoms with E-state index in [0.29, 0.717) is 11.8 Å². The first-order valence-corrected chi connectivity index (χ1v) is 6.73. The SMILES string of the molecule is CC(C)c1c2c(nc3c1CC[C@@H]3C)CCC2. The number of hydrogen-bond donors (Lipinski definition) is 0. The molecule has 2 aliphatic rings. The van der Waals surface area contributed by atoms with Gasteiger partial charge in [-0.05, 0) is 60.6 Å². The maximum Gasteiger partial charge on any atom is 0.0470 e. The molecule has 0 saturated heterocycles.